The van der Waals surface area contributed by atoms with E-state index >= 15 is 0 Å². The molecule has 0 aromatic carbocycles. The van der Waals surface area contributed by atoms with Gasteiger partial charge in [0.1, 0.15) is 7.91 Å². The van der Waals surface area contributed by atoms with Crippen LogP contribution in [0.3, 0.4) is 0 Å². The van der Waals surface area contributed by atoms with Crippen molar-refractivity contribution in [1.29, 1.82) is 0 Å². The molecule has 0 N–H and O–H groups in total. The summed E-state index contributed by atoms with van der Waals surface area (Å²) in [6.45, 7) is 2.13. The highest BCUT2D eigenvalue weighted by Gasteiger charge is 2.03. The number of quaternary nitrogens is 2. The largest absolute Gasteiger partial charge is 0.786 e. The fourth-order valence-corrected chi connectivity index (χ4v) is 0.800. The Kier molecular flexibility index (Phi) is 14.0. The summed E-state index contributed by atoms with van der Waals surface area (Å²) in [6, 6.07) is 0. The molecule has 0 amide bonds. The van der Waals surface area contributed by atoms with Crippen molar-refractivity contribution in [2.24, 2.45) is 0 Å². The van der Waals surface area contributed by atoms with Crippen LogP contribution in [0.4, 0.5) is 4.20 Å². The van der Waals surface area contributed by atoms with Gasteiger partial charge in [-0.1, -0.05) is 0 Å². The van der Waals surface area contributed by atoms with Crippen LogP contribution >= 0.6 is 7.91 Å². The van der Waals surface area contributed by atoms with Gasteiger partial charge in [-0.2, -0.15) is 0 Å². The first-order valence-electron chi connectivity index (χ1n) is 6.32. The molecule has 7 heteroatoms. The Morgan fingerprint density at radius 3 is 1.14 bits per heavy atom. The standard InChI is InChI=1S/2C7H14N.FH2O3P/c2*1-5-6-7-8(2,3)4;1-5(2,3)4/h2*1H,6-7H2,2-4H3;(H2,2,3,4)/q2*+1;/p-2. The number of nitrogens with zero attached hydrogens (tertiary/aromatic N) is 2. The topological polar surface area (TPSA) is 63.2 Å². The zero-order chi connectivity index (χ0) is 17.7. The van der Waals surface area contributed by atoms with E-state index in [0.29, 0.717) is 0 Å². The zero-order valence-corrected chi connectivity index (χ0v) is 14.8. The molecule has 0 bridgehead atoms. The van der Waals surface area contributed by atoms with E-state index in [2.05, 4.69) is 54.1 Å². The fourth-order valence-electron chi connectivity index (χ4n) is 0.800. The van der Waals surface area contributed by atoms with Crippen molar-refractivity contribution in [3.63, 3.8) is 0 Å². The van der Waals surface area contributed by atoms with Crippen LogP contribution in [-0.2, 0) is 4.57 Å². The maximum absolute atomic E-state index is 10.1. The lowest BCUT2D eigenvalue weighted by Gasteiger charge is -2.22. The number of terminal acetylenes is 2. The van der Waals surface area contributed by atoms with Crippen molar-refractivity contribution in [3.8, 4) is 24.7 Å². The smallest absolute Gasteiger partial charge is 0.110 e. The summed E-state index contributed by atoms with van der Waals surface area (Å²) in [5, 5.41) is 0. The van der Waals surface area contributed by atoms with Gasteiger partial charge in [0.15, 0.2) is 0 Å². The van der Waals surface area contributed by atoms with Crippen molar-refractivity contribution in [2.75, 3.05) is 55.4 Å². The summed E-state index contributed by atoms with van der Waals surface area (Å²) >= 11 is 0. The first-order chi connectivity index (χ1) is 9.12. The van der Waals surface area contributed by atoms with E-state index < -0.39 is 7.91 Å². The molecule has 0 fully saturated rings. The highest BCUT2D eigenvalue weighted by molar-refractivity contribution is 7.42. The molecule has 0 aliphatic carbocycles. The van der Waals surface area contributed by atoms with Gasteiger partial charge in [0.05, 0.1) is 68.2 Å². The van der Waals surface area contributed by atoms with Gasteiger partial charge in [-0.25, -0.2) is 4.20 Å². The first kappa shape index (κ1) is 25.1. The Labute approximate surface area is 129 Å². The Balaban J connectivity index is -0.000000239. The molecular weight excluding hydrogens is 294 g/mol. The number of rotatable bonds is 4. The van der Waals surface area contributed by atoms with E-state index in [1.54, 1.807) is 0 Å². The second kappa shape index (κ2) is 11.7. The summed E-state index contributed by atoms with van der Waals surface area (Å²) < 4.78 is 20.5. The van der Waals surface area contributed by atoms with Gasteiger partial charge < -0.3 is 23.3 Å². The van der Waals surface area contributed by atoms with Crippen molar-refractivity contribution in [2.45, 2.75) is 12.8 Å². The summed E-state index contributed by atoms with van der Waals surface area (Å²) in [6.07, 6.45) is 11.9. The monoisotopic (exact) mass is 322 g/mol. The lowest BCUT2D eigenvalue weighted by molar-refractivity contribution is -0.869. The normalized spacial score (nSPS) is 11.0. The molecule has 0 saturated heterocycles. The van der Waals surface area contributed by atoms with Crippen molar-refractivity contribution >= 4 is 7.91 Å². The number of hydrogen-bond donors (Lipinski definition) is 0. The molecule has 0 unspecified atom stereocenters. The Hall–Kier alpha value is -0.880. The Morgan fingerprint density at radius 1 is 0.905 bits per heavy atom. The van der Waals surface area contributed by atoms with Gasteiger partial charge in [0, 0.05) is 0 Å². The molecule has 0 radical (unpaired) electrons. The van der Waals surface area contributed by atoms with E-state index in [1.165, 1.54) is 0 Å². The van der Waals surface area contributed by atoms with Gasteiger partial charge in [-0.3, -0.25) is 0 Å². The van der Waals surface area contributed by atoms with E-state index in [9.17, 15) is 4.20 Å². The third-order valence-electron chi connectivity index (χ3n) is 1.85. The molecule has 21 heavy (non-hydrogen) atoms. The van der Waals surface area contributed by atoms with Crippen LogP contribution in [0.2, 0.25) is 0 Å². The summed E-state index contributed by atoms with van der Waals surface area (Å²) in [5.74, 6) is 5.22. The summed E-state index contributed by atoms with van der Waals surface area (Å²) in [7, 11) is 7.18. The highest BCUT2D eigenvalue weighted by atomic mass is 31.2. The predicted octanol–water partition coefficient (Wildman–Crippen LogP) is 0.216. The molecule has 0 aliphatic rings. The van der Waals surface area contributed by atoms with Crippen LogP contribution in [0.25, 0.3) is 0 Å². The van der Waals surface area contributed by atoms with E-state index in [4.69, 9.17) is 27.2 Å². The second-order valence-corrected chi connectivity index (χ2v) is 7.23. The van der Waals surface area contributed by atoms with Gasteiger partial charge >= 0.3 is 0 Å². The van der Waals surface area contributed by atoms with Crippen LogP contribution in [0.1, 0.15) is 12.8 Å². The number of halogens is 1. The van der Waals surface area contributed by atoms with Crippen LogP contribution in [0.5, 0.6) is 0 Å². The Morgan fingerprint density at radius 2 is 1.10 bits per heavy atom. The van der Waals surface area contributed by atoms with Gasteiger partial charge in [0.25, 0.3) is 0 Å². The first-order valence-corrected chi connectivity index (χ1v) is 7.75. The minimum atomic E-state index is -5.64. The lowest BCUT2D eigenvalue weighted by Crippen LogP contribution is -2.34. The average Bonchev–Trinajstić information content (AvgIpc) is 2.20. The molecule has 0 saturated carbocycles. The van der Waals surface area contributed by atoms with E-state index in [1.807, 2.05) is 0 Å². The van der Waals surface area contributed by atoms with Crippen molar-refractivity contribution in [1.82, 2.24) is 0 Å². The van der Waals surface area contributed by atoms with Crippen LogP contribution in [0.15, 0.2) is 0 Å². The minimum absolute atomic E-state index is 0.878. The quantitative estimate of drug-likeness (QED) is 0.422. The molecule has 124 valence electrons. The molecule has 0 aromatic rings. The maximum Gasteiger partial charge on any atom is 0.110 e. The highest BCUT2D eigenvalue weighted by Crippen LogP contribution is 2.22. The van der Waals surface area contributed by atoms with Crippen LogP contribution < -0.4 is 9.79 Å². The minimum Gasteiger partial charge on any atom is -0.786 e. The Bertz CT molecular complexity index is 345. The predicted molar refractivity (Wildman–Crippen MR) is 81.4 cm³/mol. The zero-order valence-electron chi connectivity index (χ0n) is 13.9. The third-order valence-corrected chi connectivity index (χ3v) is 1.85. The second-order valence-electron chi connectivity index (χ2n) is 6.37. The van der Waals surface area contributed by atoms with Gasteiger partial charge in [0.2, 0.25) is 0 Å². The molecule has 5 nitrogen and oxygen atoms in total. The molecular formula is C14H28FN2O3P. The average molecular weight is 322 g/mol. The molecule has 0 rings (SSSR count). The lowest BCUT2D eigenvalue weighted by atomic mass is 10.4. The molecule has 0 aliphatic heterocycles. The van der Waals surface area contributed by atoms with E-state index in [-0.39, 0.29) is 0 Å². The van der Waals surface area contributed by atoms with Gasteiger partial charge in [-0.05, 0) is 0 Å². The van der Waals surface area contributed by atoms with Crippen molar-refractivity contribution in [3.05, 3.63) is 0 Å². The summed E-state index contributed by atoms with van der Waals surface area (Å²) in [4.78, 5) is 16.9. The van der Waals surface area contributed by atoms with Gasteiger partial charge in [-0.15, -0.1) is 24.7 Å². The fraction of sp³-hybridized carbons (Fsp3) is 0.714. The third kappa shape index (κ3) is 67.4. The maximum atomic E-state index is 10.1. The summed E-state index contributed by atoms with van der Waals surface area (Å²) in [5.41, 5.74) is 0. The van der Waals surface area contributed by atoms with Crippen LogP contribution in [-0.4, -0.2) is 64.3 Å². The van der Waals surface area contributed by atoms with Crippen LogP contribution in [0, 0.1) is 24.7 Å². The molecule has 0 aromatic heterocycles. The van der Waals surface area contributed by atoms with E-state index in [0.717, 1.165) is 34.9 Å². The van der Waals surface area contributed by atoms with Crippen molar-refractivity contribution < 1.29 is 27.5 Å². The SMILES string of the molecule is C#CCC[N+](C)(C)C.C#CCC[N+](C)(C)C.O=P([O-])([O-])F. The molecule has 0 atom stereocenters. The molecule has 0 heterocycles. The molecule has 0 spiro atoms. The number of hydrogen-bond acceptors (Lipinski definition) is 3.